The average molecular weight is 256 g/mol. The molecule has 1 aliphatic carbocycles. The molecule has 0 bridgehead atoms. The van der Waals surface area contributed by atoms with Crippen LogP contribution < -0.4 is 5.32 Å². The minimum atomic E-state index is 0.295. The zero-order chi connectivity index (χ0) is 13.4. The number of nitrogens with zero attached hydrogens (tertiary/aromatic N) is 1. The molecule has 108 valence electrons. The van der Waals surface area contributed by atoms with Gasteiger partial charge in [-0.25, -0.2) is 0 Å². The molecule has 1 rings (SSSR count). The van der Waals surface area contributed by atoms with E-state index in [-0.39, 0.29) is 0 Å². The monoisotopic (exact) mass is 256 g/mol. The summed E-state index contributed by atoms with van der Waals surface area (Å²) in [5, 5.41) is 12.9. The summed E-state index contributed by atoms with van der Waals surface area (Å²) in [6.45, 7) is 8.95. The maximum atomic E-state index is 9.29. The van der Waals surface area contributed by atoms with Gasteiger partial charge in [0.2, 0.25) is 0 Å². The topological polar surface area (TPSA) is 35.5 Å². The molecule has 3 heteroatoms. The Morgan fingerprint density at radius 1 is 1.11 bits per heavy atom. The smallest absolute Gasteiger partial charge is 0.0558 e. The van der Waals surface area contributed by atoms with Crippen molar-refractivity contribution in [3.8, 4) is 0 Å². The van der Waals surface area contributed by atoms with Crippen LogP contribution >= 0.6 is 0 Å². The van der Waals surface area contributed by atoms with Crippen molar-refractivity contribution >= 4 is 0 Å². The van der Waals surface area contributed by atoms with E-state index in [2.05, 4.69) is 31.0 Å². The molecular formula is C15H32N2O. The zero-order valence-corrected chi connectivity index (χ0v) is 12.5. The fourth-order valence-electron chi connectivity index (χ4n) is 3.44. The largest absolute Gasteiger partial charge is 0.395 e. The van der Waals surface area contributed by atoms with E-state index in [1.807, 2.05) is 0 Å². The summed E-state index contributed by atoms with van der Waals surface area (Å²) in [6.07, 6.45) is 7.55. The summed E-state index contributed by atoms with van der Waals surface area (Å²) in [5.41, 5.74) is 0. The molecular weight excluding hydrogens is 224 g/mol. The lowest BCUT2D eigenvalue weighted by molar-refractivity contribution is 0.0705. The van der Waals surface area contributed by atoms with E-state index in [1.165, 1.54) is 38.5 Å². The van der Waals surface area contributed by atoms with Crippen molar-refractivity contribution in [2.24, 2.45) is 0 Å². The zero-order valence-electron chi connectivity index (χ0n) is 12.5. The molecule has 1 fully saturated rings. The van der Waals surface area contributed by atoms with E-state index in [1.54, 1.807) is 0 Å². The highest BCUT2D eigenvalue weighted by Gasteiger charge is 2.28. The van der Waals surface area contributed by atoms with Gasteiger partial charge in [0.1, 0.15) is 0 Å². The molecule has 2 N–H and O–H groups in total. The number of hydrogen-bond acceptors (Lipinski definition) is 3. The minimum Gasteiger partial charge on any atom is -0.395 e. The standard InChI is InChI=1S/C15H32N2O/c1-4-14(5-2)17(11-12-18)15-9-7-13(8-10-15)16-6-3/h13-16,18H,4-12H2,1-3H3. The summed E-state index contributed by atoms with van der Waals surface area (Å²) < 4.78 is 0. The van der Waals surface area contributed by atoms with Crippen LogP contribution in [0.15, 0.2) is 0 Å². The molecule has 3 nitrogen and oxygen atoms in total. The van der Waals surface area contributed by atoms with E-state index in [4.69, 9.17) is 0 Å². The van der Waals surface area contributed by atoms with Crippen LogP contribution in [-0.2, 0) is 0 Å². The van der Waals surface area contributed by atoms with Gasteiger partial charge in [-0.2, -0.15) is 0 Å². The van der Waals surface area contributed by atoms with Gasteiger partial charge in [-0.3, -0.25) is 4.90 Å². The first-order valence-electron chi connectivity index (χ1n) is 7.86. The maximum Gasteiger partial charge on any atom is 0.0558 e. The molecule has 0 atom stereocenters. The highest BCUT2D eigenvalue weighted by molar-refractivity contribution is 4.85. The lowest BCUT2D eigenvalue weighted by atomic mass is 9.89. The first-order chi connectivity index (χ1) is 8.76. The maximum absolute atomic E-state index is 9.29. The van der Waals surface area contributed by atoms with Gasteiger partial charge >= 0.3 is 0 Å². The molecule has 0 spiro atoms. The predicted octanol–water partition coefficient (Wildman–Crippen LogP) is 2.39. The fourth-order valence-corrected chi connectivity index (χ4v) is 3.44. The van der Waals surface area contributed by atoms with Crippen LogP contribution in [0, 0.1) is 0 Å². The normalized spacial score (nSPS) is 25.0. The highest BCUT2D eigenvalue weighted by atomic mass is 16.3. The van der Waals surface area contributed by atoms with E-state index in [0.717, 1.165) is 19.1 Å². The molecule has 1 saturated carbocycles. The van der Waals surface area contributed by atoms with Crippen LogP contribution in [0.25, 0.3) is 0 Å². The first kappa shape index (κ1) is 15.9. The third-order valence-electron chi connectivity index (χ3n) is 4.43. The Morgan fingerprint density at radius 3 is 2.17 bits per heavy atom. The molecule has 0 amide bonds. The lowest BCUT2D eigenvalue weighted by Crippen LogP contribution is -2.48. The Hall–Kier alpha value is -0.120. The number of rotatable bonds is 8. The molecule has 18 heavy (non-hydrogen) atoms. The van der Waals surface area contributed by atoms with Gasteiger partial charge in [-0.1, -0.05) is 20.8 Å². The first-order valence-corrected chi connectivity index (χ1v) is 7.86. The van der Waals surface area contributed by atoms with Crippen LogP contribution in [0.5, 0.6) is 0 Å². The van der Waals surface area contributed by atoms with Crippen LogP contribution in [-0.4, -0.2) is 47.8 Å². The Bertz CT molecular complexity index is 199. The lowest BCUT2D eigenvalue weighted by Gasteiger charge is -2.41. The van der Waals surface area contributed by atoms with E-state index in [0.29, 0.717) is 18.7 Å². The Balaban J connectivity index is 2.49. The number of aliphatic hydroxyl groups excluding tert-OH is 1. The minimum absolute atomic E-state index is 0.295. The fraction of sp³-hybridized carbons (Fsp3) is 1.00. The molecule has 0 aromatic carbocycles. The second kappa shape index (κ2) is 8.89. The van der Waals surface area contributed by atoms with Crippen LogP contribution in [0.4, 0.5) is 0 Å². The molecule has 0 unspecified atom stereocenters. The molecule has 0 aliphatic heterocycles. The predicted molar refractivity (Wildman–Crippen MR) is 77.9 cm³/mol. The number of hydrogen-bond donors (Lipinski definition) is 2. The van der Waals surface area contributed by atoms with Gasteiger partial charge in [0.25, 0.3) is 0 Å². The van der Waals surface area contributed by atoms with E-state index in [9.17, 15) is 5.11 Å². The Morgan fingerprint density at radius 2 is 1.72 bits per heavy atom. The number of nitrogens with one attached hydrogen (secondary N) is 1. The van der Waals surface area contributed by atoms with Crippen molar-refractivity contribution < 1.29 is 5.11 Å². The second-order valence-electron chi connectivity index (χ2n) is 5.49. The van der Waals surface area contributed by atoms with Crippen LogP contribution in [0.2, 0.25) is 0 Å². The molecule has 0 saturated heterocycles. The molecule has 0 aromatic rings. The summed E-state index contributed by atoms with van der Waals surface area (Å²) in [7, 11) is 0. The summed E-state index contributed by atoms with van der Waals surface area (Å²) in [4.78, 5) is 2.57. The Labute approximate surface area is 113 Å². The SMILES string of the molecule is CCNC1CCC(N(CCO)C(CC)CC)CC1. The molecule has 0 radical (unpaired) electrons. The highest BCUT2D eigenvalue weighted by Crippen LogP contribution is 2.26. The van der Waals surface area contributed by atoms with Crippen molar-refractivity contribution in [3.63, 3.8) is 0 Å². The van der Waals surface area contributed by atoms with Crippen molar-refractivity contribution in [2.45, 2.75) is 77.4 Å². The molecule has 0 aromatic heterocycles. The quantitative estimate of drug-likeness (QED) is 0.700. The molecule has 0 heterocycles. The summed E-state index contributed by atoms with van der Waals surface area (Å²) >= 11 is 0. The third kappa shape index (κ3) is 4.52. The van der Waals surface area contributed by atoms with Crippen LogP contribution in [0.3, 0.4) is 0 Å². The third-order valence-corrected chi connectivity index (χ3v) is 4.43. The second-order valence-corrected chi connectivity index (χ2v) is 5.49. The van der Waals surface area contributed by atoms with Gasteiger partial charge in [-0.15, -0.1) is 0 Å². The van der Waals surface area contributed by atoms with Crippen LogP contribution in [0.1, 0.15) is 59.3 Å². The average Bonchev–Trinajstić information content (AvgIpc) is 2.40. The van der Waals surface area contributed by atoms with Crippen molar-refractivity contribution in [2.75, 3.05) is 19.7 Å². The van der Waals surface area contributed by atoms with Crippen molar-refractivity contribution in [1.29, 1.82) is 0 Å². The van der Waals surface area contributed by atoms with E-state index < -0.39 is 0 Å². The van der Waals surface area contributed by atoms with Crippen molar-refractivity contribution in [3.05, 3.63) is 0 Å². The number of aliphatic hydroxyl groups is 1. The van der Waals surface area contributed by atoms with Gasteiger partial charge < -0.3 is 10.4 Å². The van der Waals surface area contributed by atoms with E-state index >= 15 is 0 Å². The van der Waals surface area contributed by atoms with Gasteiger partial charge in [0.15, 0.2) is 0 Å². The molecule has 1 aliphatic rings. The summed E-state index contributed by atoms with van der Waals surface area (Å²) in [6, 6.07) is 2.07. The van der Waals surface area contributed by atoms with Gasteiger partial charge in [0.05, 0.1) is 6.61 Å². The van der Waals surface area contributed by atoms with Crippen molar-refractivity contribution in [1.82, 2.24) is 10.2 Å². The summed E-state index contributed by atoms with van der Waals surface area (Å²) in [5.74, 6) is 0. The Kier molecular flexibility index (Phi) is 7.87. The van der Waals surface area contributed by atoms with Gasteiger partial charge in [-0.05, 0) is 45.1 Å². The van der Waals surface area contributed by atoms with Gasteiger partial charge in [0, 0.05) is 24.7 Å².